The lowest BCUT2D eigenvalue weighted by Gasteiger charge is -2.42. The molecule has 118 valence electrons. The molecular formula is C14H17ClN4O3. The molecule has 22 heavy (non-hydrogen) atoms. The SMILES string of the molecule is Cc1c(Cl)cncc1NC(=O)N1CCN2C(=O)OCCC2C1. The van der Waals surface area contributed by atoms with Gasteiger partial charge < -0.3 is 19.9 Å². The highest BCUT2D eigenvalue weighted by atomic mass is 35.5. The first-order chi connectivity index (χ1) is 10.6. The van der Waals surface area contributed by atoms with Crippen molar-refractivity contribution in [2.75, 3.05) is 31.6 Å². The quantitative estimate of drug-likeness (QED) is 0.858. The highest BCUT2D eigenvalue weighted by molar-refractivity contribution is 6.31. The average molecular weight is 325 g/mol. The Morgan fingerprint density at radius 3 is 3.09 bits per heavy atom. The van der Waals surface area contributed by atoms with Crippen LogP contribution in [0.1, 0.15) is 12.0 Å². The Kier molecular flexibility index (Phi) is 4.06. The van der Waals surface area contributed by atoms with Crippen molar-refractivity contribution in [2.45, 2.75) is 19.4 Å². The van der Waals surface area contributed by atoms with Gasteiger partial charge in [-0.3, -0.25) is 4.98 Å². The number of nitrogens with zero attached hydrogens (tertiary/aromatic N) is 3. The van der Waals surface area contributed by atoms with Gasteiger partial charge in [0, 0.05) is 32.3 Å². The molecule has 2 aliphatic rings. The van der Waals surface area contributed by atoms with Crippen LogP contribution in [-0.4, -0.2) is 59.2 Å². The molecule has 0 spiro atoms. The Hall–Kier alpha value is -2.02. The number of amides is 3. The second-order valence-electron chi connectivity index (χ2n) is 5.42. The molecule has 7 nitrogen and oxygen atoms in total. The number of piperazine rings is 1. The third kappa shape index (κ3) is 2.81. The number of hydrogen-bond donors (Lipinski definition) is 1. The number of ether oxygens (including phenoxy) is 1. The van der Waals surface area contributed by atoms with Crippen molar-refractivity contribution >= 4 is 29.4 Å². The van der Waals surface area contributed by atoms with Gasteiger partial charge in [0.2, 0.25) is 0 Å². The summed E-state index contributed by atoms with van der Waals surface area (Å²) in [6.07, 6.45) is 3.57. The van der Waals surface area contributed by atoms with E-state index >= 15 is 0 Å². The summed E-state index contributed by atoms with van der Waals surface area (Å²) in [6, 6.07) is -0.176. The van der Waals surface area contributed by atoms with Crippen LogP contribution >= 0.6 is 11.6 Å². The molecule has 0 radical (unpaired) electrons. The van der Waals surface area contributed by atoms with Crippen molar-refractivity contribution in [3.05, 3.63) is 23.0 Å². The molecule has 8 heteroatoms. The van der Waals surface area contributed by atoms with E-state index in [-0.39, 0.29) is 18.2 Å². The van der Waals surface area contributed by atoms with E-state index in [1.165, 1.54) is 0 Å². The van der Waals surface area contributed by atoms with Crippen LogP contribution < -0.4 is 5.32 Å². The van der Waals surface area contributed by atoms with E-state index in [0.29, 0.717) is 37.0 Å². The number of fused-ring (bicyclic) bond motifs is 1. The zero-order valence-corrected chi connectivity index (χ0v) is 13.0. The van der Waals surface area contributed by atoms with E-state index in [4.69, 9.17) is 16.3 Å². The molecular weight excluding hydrogens is 308 g/mol. The molecule has 2 aliphatic heterocycles. The van der Waals surface area contributed by atoms with Crippen molar-refractivity contribution in [1.82, 2.24) is 14.8 Å². The lowest BCUT2D eigenvalue weighted by Crippen LogP contribution is -2.59. The summed E-state index contributed by atoms with van der Waals surface area (Å²) in [5.41, 5.74) is 1.38. The van der Waals surface area contributed by atoms with Gasteiger partial charge in [-0.05, 0) is 12.5 Å². The van der Waals surface area contributed by atoms with Gasteiger partial charge in [0.05, 0.1) is 29.6 Å². The number of aromatic nitrogens is 1. The van der Waals surface area contributed by atoms with Crippen molar-refractivity contribution in [1.29, 1.82) is 0 Å². The predicted molar refractivity (Wildman–Crippen MR) is 81.0 cm³/mol. The largest absolute Gasteiger partial charge is 0.449 e. The Morgan fingerprint density at radius 2 is 2.27 bits per heavy atom. The summed E-state index contributed by atoms with van der Waals surface area (Å²) in [6.45, 7) is 3.71. The van der Waals surface area contributed by atoms with E-state index in [2.05, 4.69) is 10.3 Å². The number of pyridine rings is 1. The molecule has 0 bridgehead atoms. The van der Waals surface area contributed by atoms with Gasteiger partial charge in [-0.1, -0.05) is 11.6 Å². The van der Waals surface area contributed by atoms with Crippen LogP contribution in [0, 0.1) is 6.92 Å². The van der Waals surface area contributed by atoms with Gasteiger partial charge >= 0.3 is 12.1 Å². The second-order valence-corrected chi connectivity index (χ2v) is 5.83. The summed E-state index contributed by atoms with van der Waals surface area (Å²) >= 11 is 6.00. The molecule has 1 N–H and O–H groups in total. The highest BCUT2D eigenvalue weighted by Crippen LogP contribution is 2.23. The fourth-order valence-electron chi connectivity index (χ4n) is 2.71. The number of urea groups is 1. The van der Waals surface area contributed by atoms with Gasteiger partial charge in [-0.15, -0.1) is 0 Å². The fourth-order valence-corrected chi connectivity index (χ4v) is 2.87. The van der Waals surface area contributed by atoms with Crippen molar-refractivity contribution in [3.63, 3.8) is 0 Å². The number of cyclic esters (lactones) is 1. The highest BCUT2D eigenvalue weighted by Gasteiger charge is 2.36. The molecule has 0 aromatic carbocycles. The fraction of sp³-hybridized carbons (Fsp3) is 0.500. The minimum Gasteiger partial charge on any atom is -0.449 e. The van der Waals surface area contributed by atoms with E-state index in [1.807, 2.05) is 6.92 Å². The first-order valence-electron chi connectivity index (χ1n) is 7.15. The van der Waals surface area contributed by atoms with Crippen molar-refractivity contribution in [2.24, 2.45) is 0 Å². The minimum atomic E-state index is -0.286. The number of rotatable bonds is 1. The Balaban J connectivity index is 1.66. The monoisotopic (exact) mass is 324 g/mol. The molecule has 1 aromatic heterocycles. The van der Waals surface area contributed by atoms with Crippen LogP contribution in [0.3, 0.4) is 0 Å². The topological polar surface area (TPSA) is 74.8 Å². The second kappa shape index (κ2) is 6.00. The van der Waals surface area contributed by atoms with E-state index in [1.54, 1.807) is 22.2 Å². The Labute approximate surface area is 133 Å². The molecule has 3 heterocycles. The number of carbonyl (C=O) groups is 2. The summed E-state index contributed by atoms with van der Waals surface area (Å²) < 4.78 is 5.01. The lowest BCUT2D eigenvalue weighted by molar-refractivity contribution is 0.0156. The minimum absolute atomic E-state index is 0.0272. The first-order valence-corrected chi connectivity index (χ1v) is 7.53. The molecule has 1 aromatic rings. The van der Waals surface area contributed by atoms with Crippen LogP contribution in [0.4, 0.5) is 15.3 Å². The summed E-state index contributed by atoms with van der Waals surface area (Å²) in [7, 11) is 0. The lowest BCUT2D eigenvalue weighted by atomic mass is 10.1. The number of halogens is 1. The molecule has 1 atom stereocenters. The first kappa shape index (κ1) is 14.9. The maximum atomic E-state index is 12.4. The molecule has 3 amide bonds. The molecule has 2 fully saturated rings. The summed E-state index contributed by atoms with van der Waals surface area (Å²) in [4.78, 5) is 31.4. The maximum absolute atomic E-state index is 12.4. The van der Waals surface area contributed by atoms with Gasteiger partial charge in [-0.25, -0.2) is 9.59 Å². The van der Waals surface area contributed by atoms with Gasteiger partial charge in [0.25, 0.3) is 0 Å². The molecule has 2 saturated heterocycles. The van der Waals surface area contributed by atoms with Crippen LogP contribution in [0.25, 0.3) is 0 Å². The van der Waals surface area contributed by atoms with Gasteiger partial charge in [0.1, 0.15) is 0 Å². The van der Waals surface area contributed by atoms with Gasteiger partial charge in [0.15, 0.2) is 0 Å². The molecule has 0 aliphatic carbocycles. The maximum Gasteiger partial charge on any atom is 0.410 e. The van der Waals surface area contributed by atoms with Gasteiger partial charge in [-0.2, -0.15) is 0 Å². The molecule has 0 saturated carbocycles. The zero-order valence-electron chi connectivity index (χ0n) is 12.2. The summed E-state index contributed by atoms with van der Waals surface area (Å²) in [5.74, 6) is 0. The van der Waals surface area contributed by atoms with Crippen LogP contribution in [0.15, 0.2) is 12.4 Å². The summed E-state index contributed by atoms with van der Waals surface area (Å²) in [5, 5.41) is 3.34. The van der Waals surface area contributed by atoms with E-state index in [0.717, 1.165) is 12.0 Å². The standard InChI is InChI=1S/C14H17ClN4O3/c1-9-11(15)6-16-7-12(9)17-13(20)18-3-4-19-10(8-18)2-5-22-14(19)21/h6-7,10H,2-5,8H2,1H3,(H,17,20). The Morgan fingerprint density at radius 1 is 1.45 bits per heavy atom. The number of hydrogen-bond acceptors (Lipinski definition) is 4. The number of nitrogens with one attached hydrogen (secondary N) is 1. The number of carbonyl (C=O) groups excluding carboxylic acids is 2. The van der Waals surface area contributed by atoms with Crippen molar-refractivity contribution in [3.8, 4) is 0 Å². The third-order valence-electron chi connectivity index (χ3n) is 4.08. The average Bonchev–Trinajstić information content (AvgIpc) is 2.51. The molecule has 1 unspecified atom stereocenters. The Bertz CT molecular complexity index is 610. The van der Waals surface area contributed by atoms with E-state index in [9.17, 15) is 9.59 Å². The van der Waals surface area contributed by atoms with Crippen LogP contribution in [0.5, 0.6) is 0 Å². The van der Waals surface area contributed by atoms with Crippen LogP contribution in [-0.2, 0) is 4.74 Å². The molecule has 3 rings (SSSR count). The third-order valence-corrected chi connectivity index (χ3v) is 4.46. The normalized spacial score (nSPS) is 21.2. The number of anilines is 1. The van der Waals surface area contributed by atoms with Crippen LogP contribution in [0.2, 0.25) is 5.02 Å². The van der Waals surface area contributed by atoms with Crippen molar-refractivity contribution < 1.29 is 14.3 Å². The zero-order chi connectivity index (χ0) is 15.7. The van der Waals surface area contributed by atoms with E-state index < -0.39 is 0 Å². The smallest absolute Gasteiger partial charge is 0.410 e. The predicted octanol–water partition coefficient (Wildman–Crippen LogP) is 2.10.